The first-order chi connectivity index (χ1) is 13.0. The number of nitrogens with one attached hydrogen (secondary N) is 1. The lowest BCUT2D eigenvalue weighted by Gasteiger charge is -2.28. The molecule has 0 fully saturated rings. The van der Waals surface area contributed by atoms with E-state index in [1.54, 1.807) is 6.07 Å². The maximum atomic E-state index is 14.2. The van der Waals surface area contributed by atoms with Crippen LogP contribution in [0.4, 0.5) is 4.39 Å². The van der Waals surface area contributed by atoms with Crippen LogP contribution in [0, 0.1) is 12.7 Å². The summed E-state index contributed by atoms with van der Waals surface area (Å²) in [6.07, 6.45) is 3.69. The van der Waals surface area contributed by atoms with E-state index >= 15 is 0 Å². The predicted molar refractivity (Wildman–Crippen MR) is 104 cm³/mol. The molecule has 0 aliphatic carbocycles. The fraction of sp³-hybridized carbons (Fsp3) is 0.450. The summed E-state index contributed by atoms with van der Waals surface area (Å²) < 4.78 is 14.2. The fourth-order valence-electron chi connectivity index (χ4n) is 3.73. The first-order valence-electron chi connectivity index (χ1n) is 9.34. The molecule has 3 heterocycles. The third-order valence-corrected chi connectivity index (χ3v) is 5.83. The summed E-state index contributed by atoms with van der Waals surface area (Å²) in [7, 11) is 0. The highest BCUT2D eigenvalue weighted by Gasteiger charge is 2.24. The van der Waals surface area contributed by atoms with Crippen LogP contribution in [0.5, 0.6) is 0 Å². The van der Waals surface area contributed by atoms with E-state index in [-0.39, 0.29) is 11.4 Å². The van der Waals surface area contributed by atoms with Crippen LogP contribution in [0.25, 0.3) is 0 Å². The number of aliphatic imine (C=N–C) groups is 1. The number of halogens is 2. The third-order valence-electron chi connectivity index (χ3n) is 5.31. The molecule has 0 saturated carbocycles. The third kappa shape index (κ3) is 3.69. The van der Waals surface area contributed by atoms with Gasteiger partial charge in [-0.2, -0.15) is 0 Å². The zero-order chi connectivity index (χ0) is 19.0. The molecule has 2 aromatic rings. The highest BCUT2D eigenvalue weighted by Crippen LogP contribution is 2.26. The number of nitrogens with zero attached hydrogens (tertiary/aromatic N) is 3. The van der Waals surface area contributed by atoms with E-state index in [0.29, 0.717) is 48.0 Å². The van der Waals surface area contributed by atoms with Gasteiger partial charge in [0.1, 0.15) is 5.82 Å². The van der Waals surface area contributed by atoms with Gasteiger partial charge in [-0.15, -0.1) is 0 Å². The molecular formula is C20H22ClFN4O. The summed E-state index contributed by atoms with van der Waals surface area (Å²) in [6, 6.07) is 3.12. The second-order valence-corrected chi connectivity index (χ2v) is 7.62. The van der Waals surface area contributed by atoms with E-state index in [9.17, 15) is 9.18 Å². The SMILES string of the molecule is Cc1ccc(F)c(CN2CCc3nc(C4=NCCCC4)[nH]c(=O)c3C2)c1Cl. The lowest BCUT2D eigenvalue weighted by atomic mass is 10.0. The number of fused-ring (bicyclic) bond motifs is 1. The molecule has 0 unspecified atom stereocenters. The number of hydrogen-bond donors (Lipinski definition) is 1. The molecule has 4 rings (SSSR count). The van der Waals surface area contributed by atoms with Gasteiger partial charge in [0.15, 0.2) is 5.82 Å². The molecule has 1 N–H and O–H groups in total. The van der Waals surface area contributed by atoms with E-state index in [1.807, 2.05) is 11.8 Å². The quantitative estimate of drug-likeness (QED) is 0.876. The van der Waals surface area contributed by atoms with Crippen molar-refractivity contribution in [3.8, 4) is 0 Å². The molecule has 142 valence electrons. The van der Waals surface area contributed by atoms with Crippen LogP contribution in [0.15, 0.2) is 21.9 Å². The average Bonchev–Trinajstić information content (AvgIpc) is 2.69. The highest BCUT2D eigenvalue weighted by molar-refractivity contribution is 6.32. The molecule has 0 spiro atoms. The van der Waals surface area contributed by atoms with E-state index in [1.165, 1.54) is 6.07 Å². The minimum Gasteiger partial charge on any atom is -0.305 e. The Hall–Kier alpha value is -2.05. The second-order valence-electron chi connectivity index (χ2n) is 7.24. The number of aromatic amines is 1. The van der Waals surface area contributed by atoms with Crippen molar-refractivity contribution in [1.82, 2.24) is 14.9 Å². The summed E-state index contributed by atoms with van der Waals surface area (Å²) in [6.45, 7) is 4.18. The second kappa shape index (κ2) is 7.52. The smallest absolute Gasteiger partial charge is 0.255 e. The van der Waals surface area contributed by atoms with Crippen molar-refractivity contribution >= 4 is 17.3 Å². The van der Waals surface area contributed by atoms with Crippen LogP contribution >= 0.6 is 11.6 Å². The molecule has 2 aliphatic heterocycles. The topological polar surface area (TPSA) is 61.4 Å². The van der Waals surface area contributed by atoms with Crippen LogP contribution in [0.2, 0.25) is 5.02 Å². The molecule has 5 nitrogen and oxygen atoms in total. The molecular weight excluding hydrogens is 367 g/mol. The van der Waals surface area contributed by atoms with Gasteiger partial charge in [-0.1, -0.05) is 17.7 Å². The van der Waals surface area contributed by atoms with Gasteiger partial charge in [-0.25, -0.2) is 9.37 Å². The lowest BCUT2D eigenvalue weighted by molar-refractivity contribution is 0.238. The van der Waals surface area contributed by atoms with Gasteiger partial charge in [0.05, 0.1) is 22.0 Å². The number of hydrogen-bond acceptors (Lipinski definition) is 4. The van der Waals surface area contributed by atoms with Crippen molar-refractivity contribution in [2.45, 2.75) is 45.7 Å². The minimum absolute atomic E-state index is 0.121. The van der Waals surface area contributed by atoms with Crippen molar-refractivity contribution in [2.24, 2.45) is 4.99 Å². The van der Waals surface area contributed by atoms with Gasteiger partial charge in [0, 0.05) is 38.2 Å². The lowest BCUT2D eigenvalue weighted by Crippen LogP contribution is -2.36. The van der Waals surface area contributed by atoms with Crippen LogP contribution in [-0.2, 0) is 19.5 Å². The maximum Gasteiger partial charge on any atom is 0.255 e. The van der Waals surface area contributed by atoms with Gasteiger partial charge < -0.3 is 4.98 Å². The molecule has 0 radical (unpaired) electrons. The standard InChI is InChI=1S/C20H22ClFN4O/c1-12-5-6-15(22)13(18(12)21)10-26-9-7-16-14(11-26)20(27)25-19(24-16)17-4-2-3-8-23-17/h5-6H,2-4,7-11H2,1H3,(H,24,25,27). The minimum atomic E-state index is -0.311. The molecule has 2 aliphatic rings. The molecule has 7 heteroatoms. The first-order valence-corrected chi connectivity index (χ1v) is 9.72. The number of H-pyrrole nitrogens is 1. The van der Waals surface area contributed by atoms with Gasteiger partial charge in [-0.05, 0) is 37.8 Å². The van der Waals surface area contributed by atoms with Gasteiger partial charge in [0.2, 0.25) is 0 Å². The van der Waals surface area contributed by atoms with Crippen LogP contribution in [-0.4, -0.2) is 33.7 Å². The molecule has 0 atom stereocenters. The van der Waals surface area contributed by atoms with Crippen molar-refractivity contribution < 1.29 is 4.39 Å². The largest absolute Gasteiger partial charge is 0.305 e. The first kappa shape index (κ1) is 18.3. The number of rotatable bonds is 3. The highest BCUT2D eigenvalue weighted by atomic mass is 35.5. The molecule has 0 amide bonds. The van der Waals surface area contributed by atoms with Crippen molar-refractivity contribution in [3.05, 3.63) is 61.5 Å². The Kier molecular flexibility index (Phi) is 5.10. The van der Waals surface area contributed by atoms with Crippen LogP contribution < -0.4 is 5.56 Å². The summed E-state index contributed by atoms with van der Waals surface area (Å²) in [5.74, 6) is 0.300. The van der Waals surface area contributed by atoms with Gasteiger partial charge in [0.25, 0.3) is 5.56 Å². The fourth-order valence-corrected chi connectivity index (χ4v) is 3.94. The molecule has 27 heavy (non-hydrogen) atoms. The Bertz CT molecular complexity index is 969. The Morgan fingerprint density at radius 1 is 1.30 bits per heavy atom. The van der Waals surface area contributed by atoms with Gasteiger partial charge >= 0.3 is 0 Å². The number of aromatic nitrogens is 2. The Morgan fingerprint density at radius 2 is 2.15 bits per heavy atom. The molecule has 1 aromatic heterocycles. The Labute approximate surface area is 162 Å². The zero-order valence-corrected chi connectivity index (χ0v) is 16.1. The summed E-state index contributed by atoms with van der Waals surface area (Å²) in [5.41, 5.74) is 3.60. The summed E-state index contributed by atoms with van der Waals surface area (Å²) in [5, 5.41) is 0.457. The van der Waals surface area contributed by atoms with Crippen LogP contribution in [0.3, 0.4) is 0 Å². The molecule has 1 aromatic carbocycles. The van der Waals surface area contributed by atoms with Crippen molar-refractivity contribution in [3.63, 3.8) is 0 Å². The van der Waals surface area contributed by atoms with Gasteiger partial charge in [-0.3, -0.25) is 14.7 Å². The maximum absolute atomic E-state index is 14.2. The summed E-state index contributed by atoms with van der Waals surface area (Å²) in [4.78, 5) is 26.8. The monoisotopic (exact) mass is 388 g/mol. The zero-order valence-electron chi connectivity index (χ0n) is 15.3. The molecule has 0 saturated heterocycles. The number of aryl methyl sites for hydroxylation is 1. The molecule has 0 bridgehead atoms. The van der Waals surface area contributed by atoms with E-state index in [2.05, 4.69) is 15.0 Å². The van der Waals surface area contributed by atoms with E-state index in [0.717, 1.165) is 42.8 Å². The average molecular weight is 389 g/mol. The van der Waals surface area contributed by atoms with E-state index in [4.69, 9.17) is 11.6 Å². The normalized spacial score (nSPS) is 17.5. The van der Waals surface area contributed by atoms with Crippen molar-refractivity contribution in [2.75, 3.05) is 13.1 Å². The Balaban J connectivity index is 1.58. The van der Waals surface area contributed by atoms with Crippen molar-refractivity contribution in [1.29, 1.82) is 0 Å². The van der Waals surface area contributed by atoms with Crippen LogP contribution in [0.1, 0.15) is 47.5 Å². The van der Waals surface area contributed by atoms with E-state index < -0.39 is 0 Å². The number of benzene rings is 1. The Morgan fingerprint density at radius 3 is 2.93 bits per heavy atom. The predicted octanol–water partition coefficient (Wildman–Crippen LogP) is 3.40. The summed E-state index contributed by atoms with van der Waals surface area (Å²) >= 11 is 6.30.